The SMILES string of the molecule is NC(=O)Nc1ccc(-c2cnc(C3CCN(CO[SH](=O)=O)CC3)s2)cc1. The number of nitrogens with one attached hydrogen (secondary N) is 1. The van der Waals surface area contributed by atoms with Crippen LogP contribution >= 0.6 is 11.3 Å². The van der Waals surface area contributed by atoms with Gasteiger partial charge in [-0.15, -0.1) is 11.3 Å². The zero-order valence-electron chi connectivity index (χ0n) is 14.0. The first-order valence-electron chi connectivity index (χ1n) is 8.13. The number of nitrogens with zero attached hydrogens (tertiary/aromatic N) is 2. The summed E-state index contributed by atoms with van der Waals surface area (Å²) in [6, 6.07) is 6.87. The largest absolute Gasteiger partial charge is 0.351 e. The number of primary amides is 1. The summed E-state index contributed by atoms with van der Waals surface area (Å²) in [5, 5.41) is 3.63. The first-order chi connectivity index (χ1) is 12.5. The fraction of sp³-hybridized carbons (Fsp3) is 0.375. The standard InChI is InChI=1S/C16H20N4O4S2/c17-16(21)19-13-3-1-11(2-4-13)14-9-18-15(25-14)12-5-7-20(8-6-12)10-24-26(22)23/h1-4,9,12,26H,5-8,10H2,(H3,17,19,21). The Labute approximate surface area is 157 Å². The van der Waals surface area contributed by atoms with Crippen LogP contribution in [-0.2, 0) is 15.2 Å². The number of benzene rings is 1. The molecule has 1 aromatic carbocycles. The predicted molar refractivity (Wildman–Crippen MR) is 101 cm³/mol. The van der Waals surface area contributed by atoms with Gasteiger partial charge in [0, 0.05) is 30.9 Å². The Bertz CT molecular complexity index is 819. The molecule has 2 heterocycles. The van der Waals surface area contributed by atoms with Crippen molar-refractivity contribution < 1.29 is 17.4 Å². The van der Waals surface area contributed by atoms with Crippen molar-refractivity contribution in [2.75, 3.05) is 25.1 Å². The molecule has 1 fully saturated rings. The van der Waals surface area contributed by atoms with Gasteiger partial charge >= 0.3 is 6.03 Å². The number of anilines is 1. The van der Waals surface area contributed by atoms with Crippen LogP contribution in [0.5, 0.6) is 0 Å². The van der Waals surface area contributed by atoms with E-state index >= 15 is 0 Å². The first-order valence-corrected chi connectivity index (χ1v) is 10.0. The Balaban J connectivity index is 1.59. The van der Waals surface area contributed by atoms with Gasteiger partial charge in [-0.1, -0.05) is 12.1 Å². The van der Waals surface area contributed by atoms with E-state index in [9.17, 15) is 13.2 Å². The van der Waals surface area contributed by atoms with Crippen molar-refractivity contribution >= 4 is 34.0 Å². The fourth-order valence-corrected chi connectivity index (χ4v) is 4.26. The number of rotatable bonds is 6. The summed E-state index contributed by atoms with van der Waals surface area (Å²) >= 11 is 1.66. The van der Waals surface area contributed by atoms with Gasteiger partial charge in [-0.3, -0.25) is 9.08 Å². The minimum Gasteiger partial charge on any atom is -0.351 e. The van der Waals surface area contributed by atoms with E-state index in [1.54, 1.807) is 23.5 Å². The van der Waals surface area contributed by atoms with Crippen molar-refractivity contribution in [3.63, 3.8) is 0 Å². The number of thiol groups is 1. The molecular formula is C16H20N4O4S2. The number of piperidine rings is 1. The third-order valence-corrected chi connectivity index (χ3v) is 5.78. The Hall–Kier alpha value is -2.01. The molecule has 1 aliphatic rings. The highest BCUT2D eigenvalue weighted by atomic mass is 32.2. The number of carbonyl (C=O) groups is 1. The van der Waals surface area contributed by atoms with Crippen molar-refractivity contribution in [2.24, 2.45) is 5.73 Å². The molecule has 1 aromatic heterocycles. The van der Waals surface area contributed by atoms with E-state index in [-0.39, 0.29) is 6.73 Å². The zero-order valence-corrected chi connectivity index (χ0v) is 15.7. The van der Waals surface area contributed by atoms with Gasteiger partial charge in [0.2, 0.25) is 0 Å². The molecule has 140 valence electrons. The van der Waals surface area contributed by atoms with Crippen LogP contribution < -0.4 is 11.1 Å². The van der Waals surface area contributed by atoms with Gasteiger partial charge in [0.1, 0.15) is 6.73 Å². The number of aromatic nitrogens is 1. The number of hydrogen-bond acceptors (Lipinski definition) is 7. The minimum atomic E-state index is -2.79. The average molecular weight is 396 g/mol. The van der Waals surface area contributed by atoms with E-state index < -0.39 is 17.0 Å². The highest BCUT2D eigenvalue weighted by Gasteiger charge is 2.23. The molecule has 2 aromatic rings. The van der Waals surface area contributed by atoms with Crippen molar-refractivity contribution in [3.8, 4) is 10.4 Å². The molecule has 0 unspecified atom stereocenters. The predicted octanol–water partition coefficient (Wildman–Crippen LogP) is 1.98. The van der Waals surface area contributed by atoms with Gasteiger partial charge in [-0.25, -0.2) is 18.2 Å². The molecule has 2 amide bonds. The number of nitrogens with two attached hydrogens (primary N) is 1. The summed E-state index contributed by atoms with van der Waals surface area (Å²) in [6.07, 6.45) is 3.72. The van der Waals surface area contributed by atoms with Crippen molar-refractivity contribution in [1.29, 1.82) is 0 Å². The normalized spacial score (nSPS) is 16.0. The summed E-state index contributed by atoms with van der Waals surface area (Å²) in [5.41, 5.74) is 6.79. The number of thiazole rings is 1. The lowest BCUT2D eigenvalue weighted by Gasteiger charge is -2.29. The fourth-order valence-electron chi connectivity index (χ4n) is 2.91. The second-order valence-corrected chi connectivity index (χ2v) is 7.77. The summed E-state index contributed by atoms with van der Waals surface area (Å²) < 4.78 is 25.6. The van der Waals surface area contributed by atoms with E-state index in [1.807, 2.05) is 23.2 Å². The summed E-state index contributed by atoms with van der Waals surface area (Å²) in [7, 11) is -2.79. The molecule has 0 bridgehead atoms. The Kier molecular flexibility index (Phi) is 6.20. The second kappa shape index (κ2) is 8.58. The van der Waals surface area contributed by atoms with Gasteiger partial charge in [-0.05, 0) is 30.5 Å². The highest BCUT2D eigenvalue weighted by Crippen LogP contribution is 2.35. The Morgan fingerprint density at radius 3 is 2.62 bits per heavy atom. The second-order valence-electron chi connectivity index (χ2n) is 6.00. The van der Waals surface area contributed by atoms with Crippen molar-refractivity contribution in [1.82, 2.24) is 9.88 Å². The summed E-state index contributed by atoms with van der Waals surface area (Å²) in [4.78, 5) is 18.5. The molecule has 0 radical (unpaired) electrons. The number of hydrogen-bond donors (Lipinski definition) is 3. The maximum absolute atomic E-state index is 10.9. The number of urea groups is 1. The van der Waals surface area contributed by atoms with Crippen molar-refractivity contribution in [3.05, 3.63) is 35.5 Å². The maximum Gasteiger partial charge on any atom is 0.316 e. The van der Waals surface area contributed by atoms with Gasteiger partial charge in [0.05, 0.1) is 9.88 Å². The molecule has 26 heavy (non-hydrogen) atoms. The minimum absolute atomic E-state index is 0.125. The molecule has 0 saturated carbocycles. The molecule has 3 rings (SSSR count). The third kappa shape index (κ3) is 5.01. The maximum atomic E-state index is 10.9. The molecule has 1 saturated heterocycles. The van der Waals surface area contributed by atoms with Gasteiger partial charge in [0.25, 0.3) is 11.0 Å². The Morgan fingerprint density at radius 1 is 1.31 bits per heavy atom. The topological polar surface area (TPSA) is 115 Å². The monoisotopic (exact) mass is 396 g/mol. The van der Waals surface area contributed by atoms with Gasteiger partial charge in [-0.2, -0.15) is 0 Å². The molecule has 10 heteroatoms. The van der Waals surface area contributed by atoms with Gasteiger partial charge in [0.15, 0.2) is 0 Å². The van der Waals surface area contributed by atoms with Crippen LogP contribution in [0.2, 0.25) is 0 Å². The molecule has 3 N–H and O–H groups in total. The van der Waals surface area contributed by atoms with Gasteiger partial charge < -0.3 is 11.1 Å². The molecule has 0 aliphatic carbocycles. The highest BCUT2D eigenvalue weighted by molar-refractivity contribution is 7.67. The van der Waals surface area contributed by atoms with E-state index in [0.717, 1.165) is 41.4 Å². The summed E-state index contributed by atoms with van der Waals surface area (Å²) in [6.45, 7) is 1.70. The lowest BCUT2D eigenvalue weighted by Crippen LogP contribution is -2.34. The van der Waals surface area contributed by atoms with E-state index in [1.165, 1.54) is 0 Å². The third-order valence-electron chi connectivity index (χ3n) is 4.24. The average Bonchev–Trinajstić information content (AvgIpc) is 3.10. The first kappa shape index (κ1) is 18.8. The van der Waals surface area contributed by atoms with E-state index in [2.05, 4.69) is 14.5 Å². The lowest BCUT2D eigenvalue weighted by molar-refractivity contribution is 0.108. The molecule has 0 atom stereocenters. The van der Waals surface area contributed by atoms with Crippen molar-refractivity contribution in [2.45, 2.75) is 18.8 Å². The van der Waals surface area contributed by atoms with E-state index in [0.29, 0.717) is 11.6 Å². The quantitative estimate of drug-likeness (QED) is 0.643. The van der Waals surface area contributed by atoms with Crippen LogP contribution in [0.25, 0.3) is 10.4 Å². The zero-order chi connectivity index (χ0) is 18.5. The Morgan fingerprint density at radius 2 is 2.00 bits per heavy atom. The van der Waals surface area contributed by atoms with Crippen LogP contribution in [0.15, 0.2) is 30.5 Å². The lowest BCUT2D eigenvalue weighted by atomic mass is 9.98. The molecular weight excluding hydrogens is 376 g/mol. The van der Waals surface area contributed by atoms with Crippen LogP contribution in [0, 0.1) is 0 Å². The molecule has 0 spiro atoms. The van der Waals surface area contributed by atoms with Crippen LogP contribution in [0.4, 0.5) is 10.5 Å². The summed E-state index contributed by atoms with van der Waals surface area (Å²) in [5.74, 6) is 0.377. The number of carbonyl (C=O) groups excluding carboxylic acids is 1. The number of likely N-dealkylation sites (tertiary alicyclic amines) is 1. The molecule has 1 aliphatic heterocycles. The van der Waals surface area contributed by atoms with Crippen LogP contribution in [0.3, 0.4) is 0 Å². The smallest absolute Gasteiger partial charge is 0.316 e. The van der Waals surface area contributed by atoms with Crippen LogP contribution in [-0.4, -0.2) is 44.2 Å². The number of amides is 2. The molecule has 8 nitrogen and oxygen atoms in total. The van der Waals surface area contributed by atoms with Crippen LogP contribution in [0.1, 0.15) is 23.8 Å². The van der Waals surface area contributed by atoms with E-state index in [4.69, 9.17) is 5.73 Å².